The van der Waals surface area contributed by atoms with Crippen molar-refractivity contribution in [1.82, 2.24) is 0 Å². The standard InChI is InChI=1S/C9H5F5O2/c10-5-2-1-4(6(11)7(5)12)3-9(13,14)8(15)16/h1-2H,3H2,(H,15,16). The zero-order valence-electron chi connectivity index (χ0n) is 7.61. The monoisotopic (exact) mass is 240 g/mol. The van der Waals surface area contributed by atoms with Crippen LogP contribution in [0.25, 0.3) is 0 Å². The molecule has 1 aromatic rings. The zero-order chi connectivity index (χ0) is 12.5. The highest BCUT2D eigenvalue weighted by atomic mass is 19.3. The summed E-state index contributed by atoms with van der Waals surface area (Å²) in [5, 5.41) is 8.08. The van der Waals surface area contributed by atoms with Gasteiger partial charge in [-0.15, -0.1) is 0 Å². The molecule has 0 saturated heterocycles. The molecule has 88 valence electrons. The van der Waals surface area contributed by atoms with E-state index in [1.54, 1.807) is 0 Å². The number of carboxylic acid groups (broad SMARTS) is 1. The van der Waals surface area contributed by atoms with Crippen LogP contribution in [0.3, 0.4) is 0 Å². The van der Waals surface area contributed by atoms with Gasteiger partial charge in [-0.05, 0) is 11.6 Å². The van der Waals surface area contributed by atoms with Crippen LogP contribution in [0.1, 0.15) is 5.56 Å². The van der Waals surface area contributed by atoms with Crippen LogP contribution in [0.5, 0.6) is 0 Å². The normalized spacial score (nSPS) is 11.6. The number of carboxylic acids is 1. The van der Waals surface area contributed by atoms with E-state index in [1.807, 2.05) is 0 Å². The lowest BCUT2D eigenvalue weighted by molar-refractivity contribution is -0.164. The lowest BCUT2D eigenvalue weighted by atomic mass is 10.1. The molecule has 0 atom stereocenters. The summed E-state index contributed by atoms with van der Waals surface area (Å²) in [6, 6.07) is 1.02. The first-order valence-electron chi connectivity index (χ1n) is 3.99. The second-order valence-electron chi connectivity index (χ2n) is 3.02. The van der Waals surface area contributed by atoms with Crippen molar-refractivity contribution in [2.45, 2.75) is 12.3 Å². The number of alkyl halides is 2. The van der Waals surface area contributed by atoms with Crippen molar-refractivity contribution < 1.29 is 31.9 Å². The van der Waals surface area contributed by atoms with Crippen molar-refractivity contribution in [2.75, 3.05) is 0 Å². The summed E-state index contributed by atoms with van der Waals surface area (Å²) in [6.45, 7) is 0. The van der Waals surface area contributed by atoms with E-state index in [-0.39, 0.29) is 0 Å². The molecule has 0 aliphatic carbocycles. The summed E-state index contributed by atoms with van der Waals surface area (Å²) in [7, 11) is 0. The summed E-state index contributed by atoms with van der Waals surface area (Å²) in [5.74, 6) is -11.9. The van der Waals surface area contributed by atoms with Gasteiger partial charge >= 0.3 is 11.9 Å². The predicted molar refractivity (Wildman–Crippen MR) is 42.6 cm³/mol. The molecule has 2 nitrogen and oxygen atoms in total. The van der Waals surface area contributed by atoms with E-state index < -0.39 is 41.3 Å². The Bertz CT molecular complexity index is 430. The number of aliphatic carboxylic acids is 1. The van der Waals surface area contributed by atoms with Gasteiger partial charge in [-0.25, -0.2) is 18.0 Å². The lowest BCUT2D eigenvalue weighted by Crippen LogP contribution is -2.31. The molecule has 7 heteroatoms. The van der Waals surface area contributed by atoms with Crippen LogP contribution in [-0.2, 0) is 11.2 Å². The molecule has 0 saturated carbocycles. The molecule has 0 spiro atoms. The van der Waals surface area contributed by atoms with Crippen molar-refractivity contribution in [2.24, 2.45) is 0 Å². The van der Waals surface area contributed by atoms with Crippen molar-refractivity contribution >= 4 is 5.97 Å². The third-order valence-electron chi connectivity index (χ3n) is 1.84. The Hall–Kier alpha value is -1.66. The summed E-state index contributed by atoms with van der Waals surface area (Å²) < 4.78 is 63.3. The maximum absolute atomic E-state index is 12.9. The van der Waals surface area contributed by atoms with Gasteiger partial charge in [0, 0.05) is 0 Å². The van der Waals surface area contributed by atoms with Gasteiger partial charge in [0.1, 0.15) is 0 Å². The summed E-state index contributed by atoms with van der Waals surface area (Å²) in [4.78, 5) is 10.0. The highest BCUT2D eigenvalue weighted by Gasteiger charge is 2.40. The number of rotatable bonds is 3. The second-order valence-corrected chi connectivity index (χ2v) is 3.02. The molecular formula is C9H5F5O2. The van der Waals surface area contributed by atoms with Crippen LogP contribution in [0.15, 0.2) is 12.1 Å². The topological polar surface area (TPSA) is 37.3 Å². The molecule has 0 bridgehead atoms. The number of hydrogen-bond donors (Lipinski definition) is 1. The Labute approximate surface area is 86.3 Å². The second kappa shape index (κ2) is 4.07. The molecule has 0 heterocycles. The first-order chi connectivity index (χ1) is 7.25. The fourth-order valence-corrected chi connectivity index (χ4v) is 1.02. The summed E-state index contributed by atoms with van der Waals surface area (Å²) >= 11 is 0. The van der Waals surface area contributed by atoms with Crippen LogP contribution in [-0.4, -0.2) is 17.0 Å². The van der Waals surface area contributed by atoms with Crippen molar-refractivity contribution in [1.29, 1.82) is 0 Å². The van der Waals surface area contributed by atoms with Gasteiger partial charge in [-0.2, -0.15) is 8.78 Å². The first kappa shape index (κ1) is 12.4. The van der Waals surface area contributed by atoms with Crippen LogP contribution < -0.4 is 0 Å². The van der Waals surface area contributed by atoms with E-state index >= 15 is 0 Å². The summed E-state index contributed by atoms with van der Waals surface area (Å²) in [5.41, 5.74) is -0.897. The van der Waals surface area contributed by atoms with E-state index in [4.69, 9.17) is 5.11 Å². The lowest BCUT2D eigenvalue weighted by Gasteiger charge is -2.11. The minimum atomic E-state index is -4.23. The minimum absolute atomic E-state index is 0.450. The van der Waals surface area contributed by atoms with Crippen LogP contribution in [0.2, 0.25) is 0 Å². The molecular weight excluding hydrogens is 235 g/mol. The molecule has 0 radical (unpaired) electrons. The average molecular weight is 240 g/mol. The van der Waals surface area contributed by atoms with Crippen molar-refractivity contribution in [3.63, 3.8) is 0 Å². The van der Waals surface area contributed by atoms with Gasteiger partial charge in [0.15, 0.2) is 17.5 Å². The number of carbonyl (C=O) groups is 1. The molecule has 0 aliphatic heterocycles. The largest absolute Gasteiger partial charge is 0.477 e. The van der Waals surface area contributed by atoms with E-state index in [1.165, 1.54) is 0 Å². The molecule has 1 aromatic carbocycles. The number of hydrogen-bond acceptors (Lipinski definition) is 1. The Morgan fingerprint density at radius 3 is 2.25 bits per heavy atom. The molecule has 1 N–H and O–H groups in total. The predicted octanol–water partition coefficient (Wildman–Crippen LogP) is 2.37. The first-order valence-corrected chi connectivity index (χ1v) is 3.99. The molecule has 0 aromatic heterocycles. The highest BCUT2D eigenvalue weighted by molar-refractivity contribution is 5.75. The fourth-order valence-electron chi connectivity index (χ4n) is 1.02. The Morgan fingerprint density at radius 1 is 1.19 bits per heavy atom. The molecule has 16 heavy (non-hydrogen) atoms. The number of halogens is 5. The zero-order valence-corrected chi connectivity index (χ0v) is 7.61. The molecule has 0 fully saturated rings. The van der Waals surface area contributed by atoms with Gasteiger partial charge in [-0.3, -0.25) is 0 Å². The smallest absolute Gasteiger partial charge is 0.374 e. The molecule has 0 amide bonds. The third kappa shape index (κ3) is 2.29. The quantitative estimate of drug-likeness (QED) is 0.650. The Morgan fingerprint density at radius 2 is 1.75 bits per heavy atom. The van der Waals surface area contributed by atoms with E-state index in [0.29, 0.717) is 12.1 Å². The third-order valence-corrected chi connectivity index (χ3v) is 1.84. The minimum Gasteiger partial charge on any atom is -0.477 e. The molecule has 0 aliphatic rings. The molecule has 0 unspecified atom stereocenters. The Kier molecular flexibility index (Phi) is 3.16. The van der Waals surface area contributed by atoms with Crippen molar-refractivity contribution in [3.05, 3.63) is 35.1 Å². The molecule has 1 rings (SSSR count). The van der Waals surface area contributed by atoms with Gasteiger partial charge in [0.05, 0.1) is 6.42 Å². The Balaban J connectivity index is 3.08. The maximum atomic E-state index is 12.9. The number of benzene rings is 1. The maximum Gasteiger partial charge on any atom is 0.374 e. The van der Waals surface area contributed by atoms with Crippen LogP contribution >= 0.6 is 0 Å². The van der Waals surface area contributed by atoms with Crippen molar-refractivity contribution in [3.8, 4) is 0 Å². The van der Waals surface area contributed by atoms with Gasteiger partial charge < -0.3 is 5.11 Å². The summed E-state index contributed by atoms with van der Waals surface area (Å²) in [6.07, 6.45) is -1.54. The van der Waals surface area contributed by atoms with Gasteiger partial charge in [0.25, 0.3) is 0 Å². The van der Waals surface area contributed by atoms with E-state index in [9.17, 15) is 26.7 Å². The van der Waals surface area contributed by atoms with E-state index in [2.05, 4.69) is 0 Å². The van der Waals surface area contributed by atoms with E-state index in [0.717, 1.165) is 0 Å². The van der Waals surface area contributed by atoms with Crippen LogP contribution in [0, 0.1) is 17.5 Å². The van der Waals surface area contributed by atoms with Crippen LogP contribution in [0.4, 0.5) is 22.0 Å². The van der Waals surface area contributed by atoms with Gasteiger partial charge in [0.2, 0.25) is 0 Å². The van der Waals surface area contributed by atoms with Gasteiger partial charge in [-0.1, -0.05) is 6.07 Å². The highest BCUT2D eigenvalue weighted by Crippen LogP contribution is 2.24. The average Bonchev–Trinajstić information content (AvgIpc) is 2.19. The fraction of sp³-hybridized carbons (Fsp3) is 0.222. The SMILES string of the molecule is O=C(O)C(F)(F)Cc1ccc(F)c(F)c1F.